The molecule has 0 aliphatic carbocycles. The van der Waals surface area contributed by atoms with E-state index in [1.54, 1.807) is 6.08 Å². The zero-order valence-electron chi connectivity index (χ0n) is 12.7. The number of rotatable bonds is 3. The normalized spacial score (nSPS) is 10.8. The molecule has 0 amide bonds. The quantitative estimate of drug-likeness (QED) is 0.362. The minimum absolute atomic E-state index is 0.00834. The Hall–Kier alpha value is -2.51. The summed E-state index contributed by atoms with van der Waals surface area (Å²) in [6.45, 7) is 10.3. The smallest absolute Gasteiger partial charge is 0.0526 e. The number of azide groups is 1. The molecule has 0 unspecified atom stereocenters. The molecule has 0 bridgehead atoms. The first-order chi connectivity index (χ1) is 9.99. The van der Waals surface area contributed by atoms with Gasteiger partial charge in [-0.2, -0.15) is 0 Å². The lowest BCUT2D eigenvalue weighted by Gasteiger charge is -2.24. The summed E-state index contributed by atoms with van der Waals surface area (Å²) in [5.74, 6) is 0. The van der Waals surface area contributed by atoms with E-state index in [-0.39, 0.29) is 5.41 Å². The highest BCUT2D eigenvalue weighted by Gasteiger charge is 2.19. The van der Waals surface area contributed by atoms with E-state index in [1.165, 1.54) is 5.56 Å². The highest BCUT2D eigenvalue weighted by atomic mass is 15.1. The molecule has 2 aromatic rings. The van der Waals surface area contributed by atoms with Gasteiger partial charge in [-0.1, -0.05) is 81.0 Å². The number of hydrogen-bond donors (Lipinski definition) is 0. The van der Waals surface area contributed by atoms with E-state index in [0.717, 1.165) is 16.7 Å². The first-order valence-corrected chi connectivity index (χ1v) is 6.89. The van der Waals surface area contributed by atoms with Gasteiger partial charge in [-0.3, -0.25) is 0 Å². The van der Waals surface area contributed by atoms with Crippen molar-refractivity contribution in [2.45, 2.75) is 26.2 Å². The van der Waals surface area contributed by atoms with E-state index in [9.17, 15) is 0 Å². The summed E-state index contributed by atoms with van der Waals surface area (Å²) >= 11 is 0. The molecule has 3 nitrogen and oxygen atoms in total. The Morgan fingerprint density at radius 2 is 1.71 bits per heavy atom. The lowest BCUT2D eigenvalue weighted by atomic mass is 9.81. The van der Waals surface area contributed by atoms with Crippen molar-refractivity contribution in [1.82, 2.24) is 0 Å². The Balaban J connectivity index is 2.80. The van der Waals surface area contributed by atoms with Crippen molar-refractivity contribution in [2.75, 3.05) is 0 Å². The molecular weight excluding hydrogens is 258 g/mol. The summed E-state index contributed by atoms with van der Waals surface area (Å²) in [5.41, 5.74) is 13.6. The third-order valence-corrected chi connectivity index (χ3v) is 3.46. The number of nitrogens with zero attached hydrogens (tertiary/aromatic N) is 3. The standard InChI is InChI=1S/C18H19N3/c1-5-13-9-8-11-15(17(13)20-21-19)14-10-6-7-12-16(14)18(2,3)4/h5-12H,1H2,2-4H3. The largest absolute Gasteiger partial charge is 0.0985 e. The molecule has 0 saturated heterocycles. The van der Waals surface area contributed by atoms with Crippen LogP contribution in [0.2, 0.25) is 0 Å². The molecule has 3 heteroatoms. The molecule has 2 rings (SSSR count). The maximum absolute atomic E-state index is 8.86. The third kappa shape index (κ3) is 2.99. The maximum atomic E-state index is 8.86. The molecule has 2 aromatic carbocycles. The first kappa shape index (κ1) is 14.9. The van der Waals surface area contributed by atoms with Crippen molar-refractivity contribution >= 4 is 11.8 Å². The summed E-state index contributed by atoms with van der Waals surface area (Å²) in [6.07, 6.45) is 1.72. The lowest BCUT2D eigenvalue weighted by Crippen LogP contribution is -2.12. The van der Waals surface area contributed by atoms with Crippen LogP contribution >= 0.6 is 0 Å². The van der Waals surface area contributed by atoms with Gasteiger partial charge in [-0.05, 0) is 33.2 Å². The van der Waals surface area contributed by atoms with Crippen molar-refractivity contribution in [2.24, 2.45) is 5.11 Å². The molecule has 0 aliphatic rings. The van der Waals surface area contributed by atoms with Gasteiger partial charge >= 0.3 is 0 Å². The van der Waals surface area contributed by atoms with Gasteiger partial charge in [-0.25, -0.2) is 0 Å². The Bertz CT molecular complexity index is 717. The minimum atomic E-state index is 0.00834. The van der Waals surface area contributed by atoms with Crippen LogP contribution in [-0.4, -0.2) is 0 Å². The summed E-state index contributed by atoms with van der Waals surface area (Å²) in [4.78, 5) is 2.97. The SMILES string of the molecule is C=Cc1cccc(-c2ccccc2C(C)(C)C)c1N=[N+]=[N-]. The molecule has 0 atom stereocenters. The van der Waals surface area contributed by atoms with Gasteiger partial charge < -0.3 is 0 Å². The molecule has 21 heavy (non-hydrogen) atoms. The summed E-state index contributed by atoms with van der Waals surface area (Å²) in [5, 5.41) is 3.89. The van der Waals surface area contributed by atoms with Gasteiger partial charge in [0.25, 0.3) is 0 Å². The van der Waals surface area contributed by atoms with Gasteiger partial charge in [0.2, 0.25) is 0 Å². The van der Waals surface area contributed by atoms with E-state index in [1.807, 2.05) is 30.3 Å². The fourth-order valence-corrected chi connectivity index (χ4v) is 2.47. The second kappa shape index (κ2) is 5.86. The molecule has 0 N–H and O–H groups in total. The summed E-state index contributed by atoms with van der Waals surface area (Å²) < 4.78 is 0. The van der Waals surface area contributed by atoms with Crippen molar-refractivity contribution in [3.05, 3.63) is 70.6 Å². The predicted molar refractivity (Wildman–Crippen MR) is 89.5 cm³/mol. The Kier molecular flexibility index (Phi) is 4.15. The van der Waals surface area contributed by atoms with Crippen LogP contribution < -0.4 is 0 Å². The van der Waals surface area contributed by atoms with Gasteiger partial charge in [0.15, 0.2) is 0 Å². The highest BCUT2D eigenvalue weighted by molar-refractivity contribution is 5.84. The van der Waals surface area contributed by atoms with Crippen LogP contribution in [0.4, 0.5) is 5.69 Å². The molecule has 0 radical (unpaired) electrons. The molecule has 0 saturated carbocycles. The van der Waals surface area contributed by atoms with E-state index in [0.29, 0.717) is 5.69 Å². The highest BCUT2D eigenvalue weighted by Crippen LogP contribution is 2.39. The molecular formula is C18H19N3. The maximum Gasteiger partial charge on any atom is 0.0526 e. The number of benzene rings is 2. The second-order valence-electron chi connectivity index (χ2n) is 5.93. The average Bonchev–Trinajstić information content (AvgIpc) is 2.47. The van der Waals surface area contributed by atoms with Crippen LogP contribution in [0.5, 0.6) is 0 Å². The molecule has 0 spiro atoms. The minimum Gasteiger partial charge on any atom is -0.0985 e. The van der Waals surface area contributed by atoms with Crippen LogP contribution in [0.1, 0.15) is 31.9 Å². The van der Waals surface area contributed by atoms with Crippen LogP contribution in [0, 0.1) is 0 Å². The zero-order chi connectivity index (χ0) is 15.5. The number of hydrogen-bond acceptors (Lipinski definition) is 1. The molecule has 106 valence electrons. The van der Waals surface area contributed by atoms with E-state index in [4.69, 9.17) is 5.53 Å². The molecule has 0 aliphatic heterocycles. The Labute approximate surface area is 125 Å². The zero-order valence-corrected chi connectivity index (χ0v) is 12.7. The van der Waals surface area contributed by atoms with Gasteiger partial charge in [0.1, 0.15) is 0 Å². The summed E-state index contributed by atoms with van der Waals surface area (Å²) in [7, 11) is 0. The van der Waals surface area contributed by atoms with Gasteiger partial charge in [0, 0.05) is 4.91 Å². The van der Waals surface area contributed by atoms with E-state index in [2.05, 4.69) is 49.5 Å². The third-order valence-electron chi connectivity index (χ3n) is 3.46. The molecule has 0 heterocycles. The van der Waals surface area contributed by atoms with Gasteiger partial charge in [-0.15, -0.1) is 0 Å². The van der Waals surface area contributed by atoms with Crippen molar-refractivity contribution in [1.29, 1.82) is 0 Å². The molecule has 0 aromatic heterocycles. The van der Waals surface area contributed by atoms with Crippen molar-refractivity contribution < 1.29 is 0 Å². The first-order valence-electron chi connectivity index (χ1n) is 6.89. The second-order valence-corrected chi connectivity index (χ2v) is 5.93. The Morgan fingerprint density at radius 1 is 1.05 bits per heavy atom. The van der Waals surface area contributed by atoms with Crippen LogP contribution in [0.3, 0.4) is 0 Å². The van der Waals surface area contributed by atoms with Crippen LogP contribution in [0.25, 0.3) is 27.6 Å². The van der Waals surface area contributed by atoms with Crippen molar-refractivity contribution in [3.63, 3.8) is 0 Å². The Morgan fingerprint density at radius 3 is 2.33 bits per heavy atom. The summed E-state index contributed by atoms with van der Waals surface area (Å²) in [6, 6.07) is 14.1. The average molecular weight is 277 g/mol. The monoisotopic (exact) mass is 277 g/mol. The van der Waals surface area contributed by atoms with E-state index >= 15 is 0 Å². The van der Waals surface area contributed by atoms with Crippen LogP contribution in [0.15, 0.2) is 54.2 Å². The molecule has 0 fully saturated rings. The van der Waals surface area contributed by atoms with E-state index < -0.39 is 0 Å². The predicted octanol–water partition coefficient (Wildman–Crippen LogP) is 6.24. The van der Waals surface area contributed by atoms with Crippen LogP contribution in [-0.2, 0) is 5.41 Å². The fraction of sp³-hybridized carbons (Fsp3) is 0.222. The van der Waals surface area contributed by atoms with Crippen molar-refractivity contribution in [3.8, 4) is 11.1 Å². The topological polar surface area (TPSA) is 48.8 Å². The van der Waals surface area contributed by atoms with Gasteiger partial charge in [0.05, 0.1) is 5.69 Å². The lowest BCUT2D eigenvalue weighted by molar-refractivity contribution is 0.592. The fourth-order valence-electron chi connectivity index (χ4n) is 2.47.